The second-order valence-electron chi connectivity index (χ2n) is 4.92. The van der Waals surface area contributed by atoms with Crippen LogP contribution < -0.4 is 0 Å². The van der Waals surface area contributed by atoms with E-state index in [2.05, 4.69) is 31.0 Å². The summed E-state index contributed by atoms with van der Waals surface area (Å²) in [5, 5.41) is 8.12. The zero-order valence-corrected chi connectivity index (χ0v) is 9.48. The average molecular weight is 206 g/mol. The van der Waals surface area contributed by atoms with E-state index in [0.29, 0.717) is 5.56 Å². The van der Waals surface area contributed by atoms with E-state index in [-0.39, 0.29) is 11.2 Å². The third-order valence-corrected chi connectivity index (χ3v) is 2.67. The summed E-state index contributed by atoms with van der Waals surface area (Å²) in [6, 6.07) is 3.17. The molecular formula is C12H15FN2. The molecule has 0 unspecified atom stereocenters. The highest BCUT2D eigenvalue weighted by atomic mass is 19.1. The van der Waals surface area contributed by atoms with E-state index in [4.69, 9.17) is 0 Å². The first-order chi connectivity index (χ1) is 6.91. The number of hydrogen-bond donors (Lipinski definition) is 1. The van der Waals surface area contributed by atoms with Crippen molar-refractivity contribution in [3.63, 3.8) is 0 Å². The van der Waals surface area contributed by atoms with Gasteiger partial charge in [0.25, 0.3) is 0 Å². The molecule has 80 valence electrons. The summed E-state index contributed by atoms with van der Waals surface area (Å²) in [4.78, 5) is 0. The Morgan fingerprint density at radius 3 is 2.53 bits per heavy atom. The van der Waals surface area contributed by atoms with Crippen LogP contribution in [0.3, 0.4) is 0 Å². The lowest BCUT2D eigenvalue weighted by molar-refractivity contribution is 0.570. The van der Waals surface area contributed by atoms with Crippen molar-refractivity contribution in [3.05, 3.63) is 29.2 Å². The Bertz CT molecular complexity index is 506. The fourth-order valence-electron chi connectivity index (χ4n) is 1.80. The molecule has 0 atom stereocenters. The van der Waals surface area contributed by atoms with Gasteiger partial charge in [0.15, 0.2) is 0 Å². The smallest absolute Gasteiger partial charge is 0.126 e. The first-order valence-corrected chi connectivity index (χ1v) is 5.05. The minimum Gasteiger partial charge on any atom is -0.281 e. The van der Waals surface area contributed by atoms with E-state index in [1.807, 2.05) is 0 Å². The number of rotatable bonds is 0. The summed E-state index contributed by atoms with van der Waals surface area (Å²) in [6.07, 6.45) is 0. The monoisotopic (exact) mass is 206 g/mol. The molecule has 2 nitrogen and oxygen atoms in total. The Morgan fingerprint density at radius 1 is 1.27 bits per heavy atom. The molecule has 0 aliphatic carbocycles. The van der Waals surface area contributed by atoms with Crippen LogP contribution in [-0.4, -0.2) is 10.2 Å². The third kappa shape index (κ3) is 1.52. The molecule has 0 radical (unpaired) electrons. The quantitative estimate of drug-likeness (QED) is 0.703. The molecule has 15 heavy (non-hydrogen) atoms. The zero-order chi connectivity index (χ0) is 11.2. The number of halogens is 1. The fraction of sp³-hybridized carbons (Fsp3) is 0.417. The molecule has 1 heterocycles. The molecule has 1 N–H and O–H groups in total. The Morgan fingerprint density at radius 2 is 1.93 bits per heavy atom. The maximum absolute atomic E-state index is 13.5. The summed E-state index contributed by atoms with van der Waals surface area (Å²) >= 11 is 0. The van der Waals surface area contributed by atoms with Crippen LogP contribution in [0.4, 0.5) is 4.39 Å². The summed E-state index contributed by atoms with van der Waals surface area (Å²) in [6.45, 7) is 8.06. The van der Waals surface area contributed by atoms with Crippen molar-refractivity contribution in [1.82, 2.24) is 10.2 Å². The Kier molecular flexibility index (Phi) is 2.07. The molecule has 1 aromatic heterocycles. The van der Waals surface area contributed by atoms with Crippen LogP contribution in [0.2, 0.25) is 0 Å². The number of fused-ring (bicyclic) bond motifs is 1. The van der Waals surface area contributed by atoms with Crippen LogP contribution in [0, 0.1) is 12.7 Å². The van der Waals surface area contributed by atoms with Crippen molar-refractivity contribution in [3.8, 4) is 0 Å². The molecule has 0 saturated heterocycles. The third-order valence-electron chi connectivity index (χ3n) is 2.67. The first kappa shape index (κ1) is 10.1. The molecule has 2 rings (SSSR count). The second-order valence-corrected chi connectivity index (χ2v) is 4.92. The van der Waals surface area contributed by atoms with Crippen LogP contribution in [0.25, 0.3) is 10.9 Å². The molecule has 0 spiro atoms. The number of H-pyrrole nitrogens is 1. The average Bonchev–Trinajstić information content (AvgIpc) is 2.54. The van der Waals surface area contributed by atoms with Crippen LogP contribution in [0.5, 0.6) is 0 Å². The van der Waals surface area contributed by atoms with Gasteiger partial charge in [0, 0.05) is 16.5 Å². The topological polar surface area (TPSA) is 28.7 Å². The van der Waals surface area contributed by atoms with E-state index >= 15 is 0 Å². The van der Waals surface area contributed by atoms with Gasteiger partial charge in [0.1, 0.15) is 5.82 Å². The van der Waals surface area contributed by atoms with Crippen molar-refractivity contribution < 1.29 is 4.39 Å². The van der Waals surface area contributed by atoms with Crippen molar-refractivity contribution in [2.45, 2.75) is 33.1 Å². The van der Waals surface area contributed by atoms with E-state index in [0.717, 1.165) is 16.6 Å². The minimum absolute atomic E-state index is 0.0483. The highest BCUT2D eigenvalue weighted by molar-refractivity contribution is 5.85. The van der Waals surface area contributed by atoms with Gasteiger partial charge in [-0.05, 0) is 24.6 Å². The SMILES string of the molecule is Cc1c(F)ccc2n[nH]c(C(C)(C)C)c12. The molecule has 2 aromatic rings. The molecule has 0 aliphatic heterocycles. The lowest BCUT2D eigenvalue weighted by Gasteiger charge is -2.17. The first-order valence-electron chi connectivity index (χ1n) is 5.05. The van der Waals surface area contributed by atoms with Gasteiger partial charge in [-0.2, -0.15) is 5.10 Å². The van der Waals surface area contributed by atoms with E-state index in [1.165, 1.54) is 6.07 Å². The van der Waals surface area contributed by atoms with Crippen LogP contribution in [0.1, 0.15) is 32.0 Å². The van der Waals surface area contributed by atoms with Gasteiger partial charge in [0.05, 0.1) is 5.52 Å². The number of benzene rings is 1. The highest BCUT2D eigenvalue weighted by Crippen LogP contribution is 2.30. The highest BCUT2D eigenvalue weighted by Gasteiger charge is 2.21. The number of aromatic amines is 1. The maximum atomic E-state index is 13.5. The predicted molar refractivity (Wildman–Crippen MR) is 59.5 cm³/mol. The van der Waals surface area contributed by atoms with Crippen molar-refractivity contribution >= 4 is 10.9 Å². The number of nitrogens with zero attached hydrogens (tertiary/aromatic N) is 1. The van der Waals surface area contributed by atoms with Crippen LogP contribution in [0.15, 0.2) is 12.1 Å². The Labute approximate surface area is 88.5 Å². The fourth-order valence-corrected chi connectivity index (χ4v) is 1.80. The van der Waals surface area contributed by atoms with Crippen LogP contribution >= 0.6 is 0 Å². The number of hydrogen-bond acceptors (Lipinski definition) is 1. The summed E-state index contributed by atoms with van der Waals surface area (Å²) in [5.41, 5.74) is 2.45. The van der Waals surface area contributed by atoms with E-state index in [9.17, 15) is 4.39 Å². The normalized spacial score (nSPS) is 12.3. The summed E-state index contributed by atoms with van der Waals surface area (Å²) in [7, 11) is 0. The molecule has 0 fully saturated rings. The maximum Gasteiger partial charge on any atom is 0.126 e. The molecular weight excluding hydrogens is 191 g/mol. The Balaban J connectivity index is 2.84. The molecule has 3 heteroatoms. The molecule has 0 amide bonds. The number of aryl methyl sites for hydroxylation is 1. The van der Waals surface area contributed by atoms with Gasteiger partial charge in [-0.25, -0.2) is 4.39 Å². The van der Waals surface area contributed by atoms with Gasteiger partial charge < -0.3 is 0 Å². The predicted octanol–water partition coefficient (Wildman–Crippen LogP) is 3.31. The summed E-state index contributed by atoms with van der Waals surface area (Å²) in [5.74, 6) is -0.172. The lowest BCUT2D eigenvalue weighted by atomic mass is 9.88. The molecule has 1 aromatic carbocycles. The van der Waals surface area contributed by atoms with Crippen molar-refractivity contribution in [1.29, 1.82) is 0 Å². The minimum atomic E-state index is -0.172. The largest absolute Gasteiger partial charge is 0.281 e. The van der Waals surface area contributed by atoms with Crippen LogP contribution in [-0.2, 0) is 5.41 Å². The van der Waals surface area contributed by atoms with E-state index in [1.54, 1.807) is 13.0 Å². The van der Waals surface area contributed by atoms with Gasteiger partial charge in [-0.1, -0.05) is 20.8 Å². The van der Waals surface area contributed by atoms with Crippen molar-refractivity contribution in [2.75, 3.05) is 0 Å². The summed E-state index contributed by atoms with van der Waals surface area (Å²) < 4.78 is 13.5. The molecule has 0 bridgehead atoms. The lowest BCUT2D eigenvalue weighted by Crippen LogP contribution is -2.12. The van der Waals surface area contributed by atoms with Crippen molar-refractivity contribution in [2.24, 2.45) is 0 Å². The Hall–Kier alpha value is -1.38. The van der Waals surface area contributed by atoms with E-state index < -0.39 is 0 Å². The number of nitrogens with one attached hydrogen (secondary N) is 1. The van der Waals surface area contributed by atoms with Gasteiger partial charge >= 0.3 is 0 Å². The standard InChI is InChI=1S/C12H15FN2/c1-7-8(13)5-6-9-10(7)11(15-14-9)12(2,3)4/h5-6H,1-4H3,(H,14,15). The van der Waals surface area contributed by atoms with Gasteiger partial charge in [0.2, 0.25) is 0 Å². The van der Waals surface area contributed by atoms with Gasteiger partial charge in [-0.3, -0.25) is 5.10 Å². The number of aromatic nitrogens is 2. The molecule has 0 aliphatic rings. The van der Waals surface area contributed by atoms with Gasteiger partial charge in [-0.15, -0.1) is 0 Å². The second kappa shape index (κ2) is 3.05. The molecule has 0 saturated carbocycles. The zero-order valence-electron chi connectivity index (χ0n) is 9.48.